The van der Waals surface area contributed by atoms with Gasteiger partial charge in [-0.25, -0.2) is 4.79 Å². The average Bonchev–Trinajstić information content (AvgIpc) is 2.48. The summed E-state index contributed by atoms with van der Waals surface area (Å²) in [5.74, 6) is 0.789. The monoisotopic (exact) mass is 294 g/mol. The summed E-state index contributed by atoms with van der Waals surface area (Å²) in [7, 11) is 5.36. The van der Waals surface area contributed by atoms with E-state index < -0.39 is 0 Å². The van der Waals surface area contributed by atoms with E-state index in [1.54, 1.807) is 13.2 Å². The molecule has 1 aromatic rings. The molecule has 21 heavy (non-hydrogen) atoms. The molecule has 0 spiro atoms. The van der Waals surface area contributed by atoms with E-state index in [0.29, 0.717) is 12.1 Å². The van der Waals surface area contributed by atoms with Gasteiger partial charge in [0.2, 0.25) is 0 Å². The molecular formula is C15H26N4O2. The van der Waals surface area contributed by atoms with Crippen LogP contribution in [-0.2, 0) is 20.6 Å². The highest BCUT2D eigenvalue weighted by Gasteiger charge is 2.16. The van der Waals surface area contributed by atoms with Gasteiger partial charge in [-0.1, -0.05) is 0 Å². The quantitative estimate of drug-likeness (QED) is 0.771. The van der Waals surface area contributed by atoms with Crippen LogP contribution >= 0.6 is 0 Å². The number of nitrogens with zero attached hydrogens (tertiary/aromatic N) is 3. The first-order valence-electron chi connectivity index (χ1n) is 7.64. The summed E-state index contributed by atoms with van der Waals surface area (Å²) in [6.45, 7) is 3.81. The van der Waals surface area contributed by atoms with Crippen LogP contribution in [0, 0.1) is 5.92 Å². The molecular weight excluding hydrogens is 268 g/mol. The fraction of sp³-hybridized carbons (Fsp3) is 0.733. The lowest BCUT2D eigenvalue weighted by atomic mass is 9.94. The highest BCUT2D eigenvalue weighted by Crippen LogP contribution is 2.18. The SMILES string of the molecule is CN1CCC(CCNCc2cn(C)c(=O)n(C)c2=O)CC1. The Morgan fingerprint density at radius 3 is 2.52 bits per heavy atom. The van der Waals surface area contributed by atoms with Crippen molar-refractivity contribution in [1.29, 1.82) is 0 Å². The molecule has 0 bridgehead atoms. The number of hydrogen-bond acceptors (Lipinski definition) is 4. The van der Waals surface area contributed by atoms with Crippen LogP contribution in [0.25, 0.3) is 0 Å². The van der Waals surface area contributed by atoms with Crippen molar-refractivity contribution in [3.8, 4) is 0 Å². The zero-order valence-corrected chi connectivity index (χ0v) is 13.3. The molecule has 2 rings (SSSR count). The molecule has 1 fully saturated rings. The van der Waals surface area contributed by atoms with Gasteiger partial charge in [0.1, 0.15) is 0 Å². The fourth-order valence-electron chi connectivity index (χ4n) is 2.88. The summed E-state index contributed by atoms with van der Waals surface area (Å²) in [5, 5.41) is 3.33. The molecule has 1 aliphatic rings. The molecule has 0 atom stereocenters. The zero-order valence-electron chi connectivity index (χ0n) is 13.3. The van der Waals surface area contributed by atoms with Crippen molar-refractivity contribution >= 4 is 0 Å². The normalized spacial score (nSPS) is 17.3. The van der Waals surface area contributed by atoms with E-state index in [2.05, 4.69) is 17.3 Å². The molecule has 1 N–H and O–H groups in total. The minimum Gasteiger partial charge on any atom is -0.312 e. The van der Waals surface area contributed by atoms with Crippen LogP contribution in [0.2, 0.25) is 0 Å². The van der Waals surface area contributed by atoms with Gasteiger partial charge < -0.3 is 14.8 Å². The molecule has 118 valence electrons. The first-order valence-corrected chi connectivity index (χ1v) is 7.64. The Labute approximate surface area is 125 Å². The van der Waals surface area contributed by atoms with Crippen LogP contribution in [0.15, 0.2) is 15.8 Å². The summed E-state index contributed by atoms with van der Waals surface area (Å²) < 4.78 is 2.61. The molecule has 1 aromatic heterocycles. The third-order valence-electron chi connectivity index (χ3n) is 4.40. The smallest absolute Gasteiger partial charge is 0.312 e. The van der Waals surface area contributed by atoms with Crippen molar-refractivity contribution in [2.45, 2.75) is 25.8 Å². The Bertz CT molecular complexity index is 582. The largest absolute Gasteiger partial charge is 0.330 e. The molecule has 0 aromatic carbocycles. The zero-order chi connectivity index (χ0) is 15.4. The van der Waals surface area contributed by atoms with Crippen molar-refractivity contribution in [3.63, 3.8) is 0 Å². The van der Waals surface area contributed by atoms with E-state index in [4.69, 9.17) is 0 Å². The van der Waals surface area contributed by atoms with Crippen LogP contribution in [0.1, 0.15) is 24.8 Å². The van der Waals surface area contributed by atoms with Crippen molar-refractivity contribution < 1.29 is 0 Å². The summed E-state index contributed by atoms with van der Waals surface area (Å²) in [5.41, 5.74) is 0.156. The van der Waals surface area contributed by atoms with E-state index in [-0.39, 0.29) is 11.2 Å². The van der Waals surface area contributed by atoms with E-state index >= 15 is 0 Å². The van der Waals surface area contributed by atoms with Crippen LogP contribution in [0.5, 0.6) is 0 Å². The van der Waals surface area contributed by atoms with Gasteiger partial charge in [0.25, 0.3) is 5.56 Å². The van der Waals surface area contributed by atoms with Crippen molar-refractivity contribution in [2.75, 3.05) is 26.7 Å². The number of aromatic nitrogens is 2. The number of hydrogen-bond donors (Lipinski definition) is 1. The third-order valence-corrected chi connectivity index (χ3v) is 4.40. The van der Waals surface area contributed by atoms with Gasteiger partial charge in [-0.3, -0.25) is 9.36 Å². The highest BCUT2D eigenvalue weighted by atomic mass is 16.2. The first-order chi connectivity index (χ1) is 9.99. The van der Waals surface area contributed by atoms with Gasteiger partial charge >= 0.3 is 5.69 Å². The Morgan fingerprint density at radius 1 is 1.19 bits per heavy atom. The number of rotatable bonds is 5. The Hall–Kier alpha value is -1.40. The second-order valence-electron chi connectivity index (χ2n) is 6.12. The first kappa shape index (κ1) is 16.0. The lowest BCUT2D eigenvalue weighted by molar-refractivity contribution is 0.211. The van der Waals surface area contributed by atoms with E-state index in [1.807, 2.05) is 0 Å². The maximum Gasteiger partial charge on any atom is 0.330 e. The highest BCUT2D eigenvalue weighted by molar-refractivity contribution is 5.05. The Morgan fingerprint density at radius 2 is 1.86 bits per heavy atom. The molecule has 1 saturated heterocycles. The van der Waals surface area contributed by atoms with Crippen LogP contribution in [0.4, 0.5) is 0 Å². The predicted molar refractivity (Wildman–Crippen MR) is 83.5 cm³/mol. The standard InChI is InChI=1S/C15H26N4O2/c1-17-8-5-12(6-9-17)4-7-16-10-13-11-18(2)15(21)19(3)14(13)20/h11-12,16H,4-10H2,1-3H3. The van der Waals surface area contributed by atoms with E-state index in [1.165, 1.54) is 37.5 Å². The average molecular weight is 294 g/mol. The minimum absolute atomic E-state index is 0.204. The maximum atomic E-state index is 12.0. The van der Waals surface area contributed by atoms with Gasteiger partial charge in [0, 0.05) is 32.4 Å². The molecule has 1 aliphatic heterocycles. The Balaban J connectivity index is 1.82. The minimum atomic E-state index is -0.282. The lowest BCUT2D eigenvalue weighted by Crippen LogP contribution is -2.39. The molecule has 0 aliphatic carbocycles. The van der Waals surface area contributed by atoms with Crippen LogP contribution in [0.3, 0.4) is 0 Å². The van der Waals surface area contributed by atoms with Crippen LogP contribution < -0.4 is 16.6 Å². The molecule has 0 saturated carbocycles. The van der Waals surface area contributed by atoms with E-state index in [0.717, 1.165) is 23.5 Å². The maximum absolute atomic E-state index is 12.0. The molecule has 0 amide bonds. The third kappa shape index (κ3) is 4.04. The number of aryl methyl sites for hydroxylation is 1. The Kier molecular flexibility index (Phi) is 5.36. The second kappa shape index (κ2) is 7.04. The summed E-state index contributed by atoms with van der Waals surface area (Å²) in [6.07, 6.45) is 5.31. The van der Waals surface area contributed by atoms with Gasteiger partial charge in [0.15, 0.2) is 0 Å². The van der Waals surface area contributed by atoms with Crippen molar-refractivity contribution in [1.82, 2.24) is 19.4 Å². The summed E-state index contributed by atoms with van der Waals surface area (Å²) >= 11 is 0. The van der Waals surface area contributed by atoms with E-state index in [9.17, 15) is 9.59 Å². The number of piperidine rings is 1. The number of nitrogens with one attached hydrogen (secondary N) is 1. The van der Waals surface area contributed by atoms with Crippen molar-refractivity contribution in [2.24, 2.45) is 20.0 Å². The topological polar surface area (TPSA) is 59.3 Å². The molecule has 2 heterocycles. The second-order valence-corrected chi connectivity index (χ2v) is 6.12. The summed E-state index contributed by atoms with van der Waals surface area (Å²) in [6, 6.07) is 0. The van der Waals surface area contributed by atoms with Gasteiger partial charge in [-0.15, -0.1) is 0 Å². The summed E-state index contributed by atoms with van der Waals surface area (Å²) in [4.78, 5) is 26.0. The molecule has 0 unspecified atom stereocenters. The molecule has 0 radical (unpaired) electrons. The van der Waals surface area contributed by atoms with Gasteiger partial charge in [-0.05, 0) is 51.9 Å². The fourth-order valence-corrected chi connectivity index (χ4v) is 2.88. The van der Waals surface area contributed by atoms with Gasteiger partial charge in [-0.2, -0.15) is 0 Å². The van der Waals surface area contributed by atoms with Crippen molar-refractivity contribution in [3.05, 3.63) is 32.6 Å². The molecule has 6 nitrogen and oxygen atoms in total. The predicted octanol–water partition coefficient (Wildman–Crippen LogP) is -0.0945. The van der Waals surface area contributed by atoms with Gasteiger partial charge in [0.05, 0.1) is 0 Å². The molecule has 6 heteroatoms. The van der Waals surface area contributed by atoms with Crippen LogP contribution in [-0.4, -0.2) is 40.7 Å². The number of likely N-dealkylation sites (tertiary alicyclic amines) is 1. The lowest BCUT2D eigenvalue weighted by Gasteiger charge is -2.28.